The quantitative estimate of drug-likeness (QED) is 0.153. The Kier molecular flexibility index (Phi) is 10.0. The normalized spacial score (nSPS) is 22.2. The monoisotopic (exact) mass is 1000 g/mol. The number of nitriles is 2. The molecule has 0 bridgehead atoms. The summed E-state index contributed by atoms with van der Waals surface area (Å²) in [5.74, 6) is 0.653. The Morgan fingerprint density at radius 1 is 0.282 bits per heavy atom. The molecule has 0 N–H and O–H groups in total. The van der Waals surface area contributed by atoms with Crippen LogP contribution in [0, 0.1) is 22.7 Å². The van der Waals surface area contributed by atoms with Crippen molar-refractivity contribution < 1.29 is 9.15 Å². The molecular formula is C68H48N10+2. The van der Waals surface area contributed by atoms with Crippen LogP contribution in [0.3, 0.4) is 0 Å². The summed E-state index contributed by atoms with van der Waals surface area (Å²) in [4.78, 5) is 14.3. The van der Waals surface area contributed by atoms with E-state index in [1.807, 2.05) is 84.9 Å². The molecule has 4 unspecified atom stereocenters. The van der Waals surface area contributed by atoms with Crippen molar-refractivity contribution in [3.63, 3.8) is 0 Å². The van der Waals surface area contributed by atoms with Crippen molar-refractivity contribution in [2.24, 2.45) is 0 Å². The van der Waals surface area contributed by atoms with Crippen LogP contribution in [0.5, 0.6) is 0 Å². The number of amidine groups is 2. The molecule has 0 aromatic heterocycles. The zero-order chi connectivity index (χ0) is 52.0. The van der Waals surface area contributed by atoms with Crippen molar-refractivity contribution in [1.29, 1.82) is 10.5 Å². The molecule has 5 aliphatic heterocycles. The number of rotatable bonds is 6. The predicted octanol–water partition coefficient (Wildman–Crippen LogP) is 14.5. The Morgan fingerprint density at radius 3 is 0.859 bits per heavy atom. The smallest absolute Gasteiger partial charge is 0.310 e. The Balaban J connectivity index is 1.23. The van der Waals surface area contributed by atoms with Gasteiger partial charge in [0.2, 0.25) is 12.3 Å². The highest BCUT2D eigenvalue weighted by Gasteiger charge is 2.78. The number of fused-ring (bicyclic) bond motifs is 14. The van der Waals surface area contributed by atoms with Crippen molar-refractivity contribution in [3.05, 3.63) is 290 Å². The van der Waals surface area contributed by atoms with Crippen LogP contribution in [0.2, 0.25) is 0 Å². The van der Waals surface area contributed by atoms with E-state index in [9.17, 15) is 10.5 Å². The van der Waals surface area contributed by atoms with Crippen LogP contribution in [0.4, 0.5) is 68.2 Å². The van der Waals surface area contributed by atoms with Gasteiger partial charge in [-0.2, -0.15) is 29.5 Å². The lowest BCUT2D eigenvalue weighted by atomic mass is 9.88. The third-order valence-corrected chi connectivity index (χ3v) is 16.2. The molecule has 0 aliphatic carbocycles. The predicted molar refractivity (Wildman–Crippen MR) is 310 cm³/mol. The maximum Gasteiger partial charge on any atom is 0.370 e. The summed E-state index contributed by atoms with van der Waals surface area (Å²) in [6.07, 6.45) is -1.40. The number of para-hydroxylation sites is 12. The summed E-state index contributed by atoms with van der Waals surface area (Å²) < 4.78 is 4.56. The lowest BCUT2D eigenvalue weighted by molar-refractivity contribution is -0.572. The van der Waals surface area contributed by atoms with Crippen LogP contribution in [0.1, 0.15) is 11.1 Å². The number of hydrogen-bond donors (Lipinski definition) is 0. The Hall–Kier alpha value is -10.7. The van der Waals surface area contributed by atoms with Gasteiger partial charge in [0.1, 0.15) is 22.7 Å². The van der Waals surface area contributed by atoms with Crippen molar-refractivity contribution >= 4 is 79.9 Å². The highest BCUT2D eigenvalue weighted by atomic mass is 15.6. The second kappa shape index (κ2) is 17.5. The molecule has 10 aromatic rings. The van der Waals surface area contributed by atoms with E-state index in [-0.39, 0.29) is 0 Å². The highest BCUT2D eigenvalue weighted by Crippen LogP contribution is 2.66. The third kappa shape index (κ3) is 5.94. The van der Waals surface area contributed by atoms with Gasteiger partial charge in [-0.1, -0.05) is 158 Å². The topological polar surface area (TPSA) is 73.0 Å². The van der Waals surface area contributed by atoms with Crippen molar-refractivity contribution in [2.75, 3.05) is 29.4 Å². The molecule has 15 rings (SSSR count). The minimum atomic E-state index is -1.53. The largest absolute Gasteiger partial charge is 0.370 e. The van der Waals surface area contributed by atoms with Crippen molar-refractivity contribution in [3.8, 4) is 12.1 Å². The Labute approximate surface area is 452 Å². The van der Waals surface area contributed by atoms with Gasteiger partial charge in [-0.15, -0.1) is 0 Å². The van der Waals surface area contributed by atoms with E-state index >= 15 is 0 Å². The van der Waals surface area contributed by atoms with Crippen LogP contribution >= 0.6 is 0 Å². The molecular weight excluding hydrogens is 957 g/mol. The standard InChI is InChI=1S/C68H48N10/c69-47-63-75(51-31-11-3-12-32-51)67(55-39-19-21-41-57(55)73-61-45-25-23-43-59(61)71(65(67)73)49-27-7-1-8-28-49)76(52-33-13-4-14-34-52)64(48-70)78(54-37-17-6-18-38-54)68(77(63)53-35-15-5-16-36-53)56-40-20-22-42-58(56)74-62-46-26-24-44-60(62)72(66(68)74)50-29-9-2-10-30-50/h1-46,65-66H/q+2. The van der Waals surface area contributed by atoms with Crippen molar-refractivity contribution in [1.82, 2.24) is 0 Å². The molecule has 368 valence electrons. The first-order chi connectivity index (χ1) is 38.7. The molecule has 4 atom stereocenters. The molecule has 0 fully saturated rings. The van der Waals surface area contributed by atoms with Gasteiger partial charge in [-0.25, -0.2) is 0 Å². The van der Waals surface area contributed by atoms with Gasteiger partial charge in [-0.3, -0.25) is 0 Å². The third-order valence-electron chi connectivity index (χ3n) is 16.2. The maximum atomic E-state index is 13.3. The molecule has 0 radical (unpaired) electrons. The van der Waals surface area contributed by atoms with E-state index in [1.165, 1.54) is 0 Å². The lowest BCUT2D eigenvalue weighted by Gasteiger charge is -2.48. The van der Waals surface area contributed by atoms with Gasteiger partial charge in [0.25, 0.3) is 0 Å². The molecule has 0 saturated carbocycles. The molecule has 0 amide bonds. The average molecular weight is 1010 g/mol. The average Bonchev–Trinajstić information content (AvgIpc) is 4.37. The van der Waals surface area contributed by atoms with Crippen LogP contribution < -0.4 is 29.4 Å². The molecule has 5 heterocycles. The number of nitrogens with zero attached hydrogens (tertiary/aromatic N) is 10. The van der Waals surface area contributed by atoms with Gasteiger partial charge in [0, 0.05) is 11.4 Å². The summed E-state index contributed by atoms with van der Waals surface area (Å²) in [7, 11) is 0. The maximum absolute atomic E-state index is 13.3. The summed E-state index contributed by atoms with van der Waals surface area (Å²) in [6.45, 7) is 0. The van der Waals surface area contributed by atoms with E-state index in [0.29, 0.717) is 11.7 Å². The molecule has 2 spiro atoms. The Bertz CT molecular complexity index is 3820. The molecule has 10 aromatic carbocycles. The van der Waals surface area contributed by atoms with Gasteiger partial charge in [0.15, 0.2) is 12.1 Å². The first-order valence-electron chi connectivity index (χ1n) is 26.3. The second-order valence-corrected chi connectivity index (χ2v) is 19.9. The van der Waals surface area contributed by atoms with Crippen LogP contribution in [0.25, 0.3) is 0 Å². The first-order valence-corrected chi connectivity index (χ1v) is 26.3. The summed E-state index contributed by atoms with van der Waals surface area (Å²) in [6, 6.07) is 103. The van der Waals surface area contributed by atoms with Gasteiger partial charge in [-0.05, 0) is 121 Å². The molecule has 0 saturated heterocycles. The molecule has 5 aliphatic rings. The first kappa shape index (κ1) is 44.8. The van der Waals surface area contributed by atoms with E-state index in [1.54, 1.807) is 0 Å². The van der Waals surface area contributed by atoms with Gasteiger partial charge in [0.05, 0.1) is 45.3 Å². The van der Waals surface area contributed by atoms with Crippen molar-refractivity contribution in [2.45, 2.75) is 23.7 Å². The minimum Gasteiger partial charge on any atom is -0.310 e. The lowest BCUT2D eigenvalue weighted by Crippen LogP contribution is -2.74. The van der Waals surface area contributed by atoms with E-state index < -0.39 is 23.7 Å². The number of anilines is 10. The highest BCUT2D eigenvalue weighted by molar-refractivity contribution is 6.13. The van der Waals surface area contributed by atoms with E-state index in [4.69, 9.17) is 0 Å². The zero-order valence-corrected chi connectivity index (χ0v) is 42.2. The molecule has 10 heteroatoms. The fraction of sp³-hybridized carbons (Fsp3) is 0.0588. The second-order valence-electron chi connectivity index (χ2n) is 19.9. The molecule has 10 nitrogen and oxygen atoms in total. The van der Waals surface area contributed by atoms with Crippen LogP contribution in [0.15, 0.2) is 279 Å². The fourth-order valence-electron chi connectivity index (χ4n) is 13.5. The fourth-order valence-corrected chi connectivity index (χ4v) is 13.5. The van der Waals surface area contributed by atoms with E-state index in [0.717, 1.165) is 79.4 Å². The number of benzene rings is 10. The van der Waals surface area contributed by atoms with Crippen LogP contribution in [-0.2, 0) is 11.3 Å². The summed E-state index contributed by atoms with van der Waals surface area (Å²) >= 11 is 0. The molecule has 78 heavy (non-hydrogen) atoms. The minimum absolute atomic E-state index is 0.326. The number of hydrogen-bond acceptors (Lipinski definition) is 8. The SMILES string of the molecule is N#C/C1=[N+](\c2ccccc2)C2(c3ccccc3N3c4ccccc4N(c4ccccc4)C32)N(c2ccccc2)/C(C#N)=[N+](/c2ccccc2)C2(c3ccccc3N3c4ccccc4N(c4ccccc4)C32)N1c1ccccc1. The summed E-state index contributed by atoms with van der Waals surface area (Å²) in [5.41, 5.74) is 9.46. The zero-order valence-electron chi connectivity index (χ0n) is 42.2. The summed E-state index contributed by atoms with van der Waals surface area (Å²) in [5, 5.41) is 26.5. The van der Waals surface area contributed by atoms with E-state index in [2.05, 4.69) is 245 Å². The van der Waals surface area contributed by atoms with Gasteiger partial charge < -0.3 is 19.6 Å². The Morgan fingerprint density at radius 2 is 0.538 bits per heavy atom. The van der Waals surface area contributed by atoms with Gasteiger partial charge >= 0.3 is 23.0 Å². The van der Waals surface area contributed by atoms with Crippen LogP contribution in [-0.4, -0.2) is 33.2 Å².